The molecule has 0 fully saturated rings. The first-order chi connectivity index (χ1) is 6.64. The molecule has 76 valence electrons. The molecule has 0 radical (unpaired) electrons. The van der Waals surface area contributed by atoms with E-state index in [-0.39, 0.29) is 12.4 Å². The van der Waals surface area contributed by atoms with Crippen molar-refractivity contribution in [1.82, 2.24) is 9.97 Å². The van der Waals surface area contributed by atoms with Crippen molar-refractivity contribution in [3.63, 3.8) is 0 Å². The van der Waals surface area contributed by atoms with Gasteiger partial charge in [-0.2, -0.15) is 0 Å². The van der Waals surface area contributed by atoms with Crippen LogP contribution in [0.2, 0.25) is 0 Å². The molecule has 0 aliphatic carbocycles. The minimum atomic E-state index is -4.08. The third kappa shape index (κ3) is 3.66. The summed E-state index contributed by atoms with van der Waals surface area (Å²) in [6.07, 6.45) is 5.13. The van der Waals surface area contributed by atoms with Crippen LogP contribution in [0.3, 0.4) is 0 Å². The van der Waals surface area contributed by atoms with Gasteiger partial charge in [-0.05, 0) is 0 Å². The van der Waals surface area contributed by atoms with E-state index in [4.69, 9.17) is 4.89 Å². The molecular formula is C7H9N2O4P. The highest BCUT2D eigenvalue weighted by atomic mass is 31.2. The van der Waals surface area contributed by atoms with E-state index in [0.717, 1.165) is 0 Å². The maximum atomic E-state index is 11.1. The van der Waals surface area contributed by atoms with Crippen LogP contribution in [0.25, 0.3) is 0 Å². The number of hydrogen-bond donors (Lipinski definition) is 1. The number of rotatable bonds is 5. The molecule has 1 N–H and O–H groups in total. The van der Waals surface area contributed by atoms with Crippen LogP contribution in [-0.2, 0) is 9.09 Å². The fraction of sp³-hybridized carbons (Fsp3) is 0.143. The number of hydrogen-bond acceptors (Lipinski definition) is 5. The van der Waals surface area contributed by atoms with E-state index in [9.17, 15) is 4.57 Å². The van der Waals surface area contributed by atoms with Gasteiger partial charge in [0.05, 0.1) is 19.0 Å². The van der Waals surface area contributed by atoms with Crippen LogP contribution in [0.15, 0.2) is 31.4 Å². The smallest absolute Gasteiger partial charge is 0.401 e. The second kappa shape index (κ2) is 4.85. The van der Waals surface area contributed by atoms with E-state index in [1.807, 2.05) is 0 Å². The summed E-state index contributed by atoms with van der Waals surface area (Å²) in [5, 5.41) is 0. The van der Waals surface area contributed by atoms with Gasteiger partial charge in [0.15, 0.2) is 5.75 Å². The first-order valence-electron chi connectivity index (χ1n) is 3.67. The largest absolute Gasteiger partial charge is 0.527 e. The molecule has 0 amide bonds. The van der Waals surface area contributed by atoms with Crippen molar-refractivity contribution >= 4 is 7.82 Å². The molecule has 1 heterocycles. The molecule has 1 rings (SSSR count). The maximum absolute atomic E-state index is 11.1. The van der Waals surface area contributed by atoms with Crippen molar-refractivity contribution in [2.75, 3.05) is 6.61 Å². The highest BCUT2D eigenvalue weighted by Gasteiger charge is 2.22. The summed E-state index contributed by atoms with van der Waals surface area (Å²) in [5.41, 5.74) is 0. The Morgan fingerprint density at radius 2 is 2.21 bits per heavy atom. The molecule has 0 spiro atoms. The average Bonchev–Trinajstić information content (AvgIpc) is 2.16. The lowest BCUT2D eigenvalue weighted by atomic mass is 10.6. The van der Waals surface area contributed by atoms with Crippen LogP contribution in [0.5, 0.6) is 5.75 Å². The van der Waals surface area contributed by atoms with E-state index in [2.05, 4.69) is 25.6 Å². The van der Waals surface area contributed by atoms with E-state index >= 15 is 0 Å². The molecule has 0 aromatic carbocycles. The quantitative estimate of drug-likeness (QED) is 0.587. The van der Waals surface area contributed by atoms with Gasteiger partial charge in [-0.1, -0.05) is 6.08 Å². The second-order valence-electron chi connectivity index (χ2n) is 2.22. The fourth-order valence-electron chi connectivity index (χ4n) is 0.639. The molecule has 1 atom stereocenters. The van der Waals surface area contributed by atoms with E-state index < -0.39 is 7.82 Å². The number of aromatic nitrogens is 2. The van der Waals surface area contributed by atoms with Crippen LogP contribution in [0, 0.1) is 0 Å². The summed E-state index contributed by atoms with van der Waals surface area (Å²) in [4.78, 5) is 16.3. The Bertz CT molecular complexity index is 343. The lowest BCUT2D eigenvalue weighted by Crippen LogP contribution is -1.97. The molecule has 0 aliphatic rings. The van der Waals surface area contributed by atoms with E-state index in [1.165, 1.54) is 24.8 Å². The van der Waals surface area contributed by atoms with Crippen LogP contribution >= 0.6 is 7.82 Å². The topological polar surface area (TPSA) is 81.5 Å². The Kier molecular flexibility index (Phi) is 3.76. The molecule has 0 saturated heterocycles. The Labute approximate surface area is 80.8 Å². The summed E-state index contributed by atoms with van der Waals surface area (Å²) in [5.74, 6) is 0.0717. The standard InChI is InChI=1S/C7H9N2O4P/c1-2-3-12-14(10,11)13-7-4-8-6-9-5-7/h2,4-6H,1,3H2,(H,10,11). The second-order valence-corrected chi connectivity index (χ2v) is 3.60. The lowest BCUT2D eigenvalue weighted by Gasteiger charge is -2.10. The van der Waals surface area contributed by atoms with Gasteiger partial charge in [-0.15, -0.1) is 6.58 Å². The van der Waals surface area contributed by atoms with Gasteiger partial charge in [-0.25, -0.2) is 14.5 Å². The van der Waals surface area contributed by atoms with Crippen molar-refractivity contribution < 1.29 is 18.5 Å². The highest BCUT2D eigenvalue weighted by molar-refractivity contribution is 7.47. The van der Waals surface area contributed by atoms with Crippen LogP contribution < -0.4 is 4.52 Å². The average molecular weight is 216 g/mol. The first-order valence-corrected chi connectivity index (χ1v) is 5.16. The monoisotopic (exact) mass is 216 g/mol. The molecule has 1 aromatic rings. The Balaban J connectivity index is 2.59. The van der Waals surface area contributed by atoms with Crippen LogP contribution in [0.1, 0.15) is 0 Å². The van der Waals surface area contributed by atoms with Gasteiger partial charge in [0.2, 0.25) is 0 Å². The molecule has 6 nitrogen and oxygen atoms in total. The summed E-state index contributed by atoms with van der Waals surface area (Å²) in [6.45, 7) is 3.27. The first kappa shape index (κ1) is 10.8. The maximum Gasteiger partial charge on any atom is 0.527 e. The van der Waals surface area contributed by atoms with Crippen molar-refractivity contribution in [1.29, 1.82) is 0 Å². The van der Waals surface area contributed by atoms with Crippen LogP contribution in [-0.4, -0.2) is 21.5 Å². The summed E-state index contributed by atoms with van der Waals surface area (Å²) < 4.78 is 20.3. The summed E-state index contributed by atoms with van der Waals surface area (Å²) in [6, 6.07) is 0. The highest BCUT2D eigenvalue weighted by Crippen LogP contribution is 2.43. The van der Waals surface area contributed by atoms with E-state index in [0.29, 0.717) is 0 Å². The molecule has 0 bridgehead atoms. The van der Waals surface area contributed by atoms with Crippen molar-refractivity contribution in [3.05, 3.63) is 31.4 Å². The van der Waals surface area contributed by atoms with Gasteiger partial charge in [0.25, 0.3) is 0 Å². The molecule has 0 saturated carbocycles. The van der Waals surface area contributed by atoms with Crippen LogP contribution in [0.4, 0.5) is 0 Å². The zero-order chi connectivity index (χ0) is 10.4. The Morgan fingerprint density at radius 3 is 2.79 bits per heavy atom. The van der Waals surface area contributed by atoms with Gasteiger partial charge >= 0.3 is 7.82 Å². The molecule has 7 heteroatoms. The normalized spacial score (nSPS) is 14.4. The number of nitrogens with zero attached hydrogens (tertiary/aromatic N) is 2. The summed E-state index contributed by atoms with van der Waals surface area (Å²) >= 11 is 0. The predicted molar refractivity (Wildman–Crippen MR) is 48.6 cm³/mol. The van der Waals surface area contributed by atoms with Gasteiger partial charge < -0.3 is 4.52 Å². The SMILES string of the molecule is C=CCOP(=O)(O)Oc1cncnc1. The third-order valence-electron chi connectivity index (χ3n) is 1.11. The molecule has 14 heavy (non-hydrogen) atoms. The fourth-order valence-corrected chi connectivity index (χ4v) is 1.35. The van der Waals surface area contributed by atoms with Gasteiger partial charge in [0.1, 0.15) is 6.33 Å². The Morgan fingerprint density at radius 1 is 1.57 bits per heavy atom. The van der Waals surface area contributed by atoms with Gasteiger partial charge in [-0.3, -0.25) is 9.42 Å². The summed E-state index contributed by atoms with van der Waals surface area (Å²) in [7, 11) is -4.08. The lowest BCUT2D eigenvalue weighted by molar-refractivity contribution is 0.222. The zero-order valence-corrected chi connectivity index (χ0v) is 8.13. The minimum Gasteiger partial charge on any atom is -0.401 e. The number of phosphoric ester groups is 1. The minimum absolute atomic E-state index is 0.0680. The van der Waals surface area contributed by atoms with Gasteiger partial charge in [0, 0.05) is 0 Å². The predicted octanol–water partition coefficient (Wildman–Crippen LogP) is 1.16. The third-order valence-corrected chi connectivity index (χ3v) is 2.03. The van der Waals surface area contributed by atoms with Crippen molar-refractivity contribution in [2.24, 2.45) is 0 Å². The van der Waals surface area contributed by atoms with Crippen molar-refractivity contribution in [2.45, 2.75) is 0 Å². The molecule has 0 aliphatic heterocycles. The Hall–Kier alpha value is -1.23. The number of phosphoric acid groups is 1. The van der Waals surface area contributed by atoms with E-state index in [1.54, 1.807) is 0 Å². The molecular weight excluding hydrogens is 207 g/mol. The zero-order valence-electron chi connectivity index (χ0n) is 7.24. The van der Waals surface area contributed by atoms with Crippen molar-refractivity contribution in [3.8, 4) is 5.75 Å². The molecule has 1 unspecified atom stereocenters. The molecule has 1 aromatic heterocycles.